The van der Waals surface area contributed by atoms with Crippen molar-refractivity contribution in [3.05, 3.63) is 77.5 Å². The van der Waals surface area contributed by atoms with Crippen LogP contribution in [0.25, 0.3) is 22.0 Å². The molecule has 1 amide bonds. The molecule has 0 radical (unpaired) electrons. The van der Waals surface area contributed by atoms with Crippen molar-refractivity contribution in [3.63, 3.8) is 0 Å². The van der Waals surface area contributed by atoms with Gasteiger partial charge in [0.25, 0.3) is 11.6 Å². The van der Waals surface area contributed by atoms with E-state index in [9.17, 15) is 19.5 Å². The molecule has 0 saturated carbocycles. The first-order chi connectivity index (χ1) is 16.9. The van der Waals surface area contributed by atoms with Crippen LogP contribution in [0, 0.1) is 5.82 Å². The number of carbonyl (C=O) groups excluding carboxylic acids is 1. The number of carbonyl (C=O) groups is 1. The van der Waals surface area contributed by atoms with Crippen molar-refractivity contribution >= 4 is 16.8 Å². The van der Waals surface area contributed by atoms with Crippen molar-refractivity contribution in [1.29, 1.82) is 0 Å². The lowest BCUT2D eigenvalue weighted by molar-refractivity contribution is -0.909. The van der Waals surface area contributed by atoms with Gasteiger partial charge in [0.2, 0.25) is 6.20 Å². The summed E-state index contributed by atoms with van der Waals surface area (Å²) in [4.78, 5) is 14.7. The van der Waals surface area contributed by atoms with Crippen molar-refractivity contribution in [2.45, 2.75) is 33.9 Å². The third-order valence-electron chi connectivity index (χ3n) is 5.39. The first kappa shape index (κ1) is 25.6. The summed E-state index contributed by atoms with van der Waals surface area (Å²) in [6.07, 6.45) is 2.95. The maximum Gasteiger partial charge on any atom is 0.270 e. The highest BCUT2D eigenvalue weighted by Crippen LogP contribution is 2.32. The average Bonchev–Trinajstić information content (AvgIpc) is 3.35. The lowest BCUT2D eigenvalue weighted by atomic mass is 10.0. The van der Waals surface area contributed by atoms with E-state index in [-0.39, 0.29) is 24.9 Å². The van der Waals surface area contributed by atoms with Crippen LogP contribution in [-0.2, 0) is 13.2 Å². The van der Waals surface area contributed by atoms with E-state index in [4.69, 9.17) is 4.74 Å². The molecule has 0 fully saturated rings. The van der Waals surface area contributed by atoms with Gasteiger partial charge in [-0.05, 0) is 42.8 Å². The molecule has 0 aliphatic carbocycles. The van der Waals surface area contributed by atoms with Gasteiger partial charge in [-0.2, -0.15) is 5.10 Å². The summed E-state index contributed by atoms with van der Waals surface area (Å²) < 4.78 is 20.3. The molecule has 35 heavy (non-hydrogen) atoms. The van der Waals surface area contributed by atoms with Gasteiger partial charge in [0.15, 0.2) is 0 Å². The second kappa shape index (κ2) is 11.4. The van der Waals surface area contributed by atoms with E-state index in [1.807, 2.05) is 20.8 Å². The highest BCUT2D eigenvalue weighted by atomic mass is 19.1. The van der Waals surface area contributed by atoms with Crippen LogP contribution in [0.2, 0.25) is 0 Å². The molecule has 0 saturated heterocycles. The molecular formula is C26H30FN4O4+. The second-order valence-corrected chi connectivity index (χ2v) is 7.58. The van der Waals surface area contributed by atoms with E-state index in [1.165, 1.54) is 29.4 Å². The minimum atomic E-state index is -0.362. The van der Waals surface area contributed by atoms with Gasteiger partial charge in [-0.1, -0.05) is 26.0 Å². The van der Waals surface area contributed by atoms with Crippen molar-refractivity contribution in [1.82, 2.24) is 15.1 Å². The van der Waals surface area contributed by atoms with Crippen LogP contribution in [0.15, 0.2) is 54.9 Å². The van der Waals surface area contributed by atoms with Crippen LogP contribution < -0.4 is 9.47 Å². The van der Waals surface area contributed by atoms with Crippen LogP contribution in [0.1, 0.15) is 42.4 Å². The number of aromatic nitrogens is 3. The average molecular weight is 482 g/mol. The minimum Gasteiger partial charge on any atom is -0.493 e. The van der Waals surface area contributed by atoms with E-state index >= 15 is 0 Å². The van der Waals surface area contributed by atoms with Crippen LogP contribution in [0.5, 0.6) is 5.75 Å². The number of nitrogens with zero attached hydrogens (tertiary/aromatic N) is 3. The zero-order chi connectivity index (χ0) is 25.5. The Kier molecular flexibility index (Phi) is 8.38. The lowest BCUT2D eigenvalue weighted by Crippen LogP contribution is -2.37. The van der Waals surface area contributed by atoms with Gasteiger partial charge >= 0.3 is 0 Å². The van der Waals surface area contributed by atoms with Crippen LogP contribution >= 0.6 is 0 Å². The predicted molar refractivity (Wildman–Crippen MR) is 130 cm³/mol. The number of rotatable bonds is 7. The molecule has 9 heteroatoms. The number of aromatic amines is 1. The van der Waals surface area contributed by atoms with E-state index < -0.39 is 0 Å². The highest BCUT2D eigenvalue weighted by Gasteiger charge is 2.23. The van der Waals surface area contributed by atoms with Gasteiger partial charge in [0, 0.05) is 22.9 Å². The molecule has 2 aromatic heterocycles. The Balaban J connectivity index is 0.00000167. The number of benzene rings is 2. The summed E-state index contributed by atoms with van der Waals surface area (Å²) in [6.45, 7) is 6.05. The van der Waals surface area contributed by atoms with Crippen LogP contribution in [0.4, 0.5) is 4.39 Å². The molecule has 8 nitrogen and oxygen atoms in total. The number of pyridine rings is 1. The number of amides is 1. The van der Waals surface area contributed by atoms with Crippen LogP contribution in [-0.4, -0.2) is 45.0 Å². The molecule has 0 bridgehead atoms. The van der Waals surface area contributed by atoms with Gasteiger partial charge < -0.3 is 14.7 Å². The largest absolute Gasteiger partial charge is 0.493 e. The summed E-state index contributed by atoms with van der Waals surface area (Å²) in [5.74, 6) is -0.128. The zero-order valence-corrected chi connectivity index (χ0v) is 20.2. The Labute approximate surface area is 203 Å². The van der Waals surface area contributed by atoms with E-state index in [0.717, 1.165) is 4.73 Å². The first-order valence-electron chi connectivity index (χ1n) is 11.4. The molecule has 0 spiro atoms. The number of halogens is 1. The third kappa shape index (κ3) is 5.41. The molecule has 0 aliphatic heterocycles. The molecule has 4 rings (SSSR count). The fourth-order valence-corrected chi connectivity index (χ4v) is 3.81. The van der Waals surface area contributed by atoms with Gasteiger partial charge in [0.05, 0.1) is 35.8 Å². The fourth-order valence-electron chi connectivity index (χ4n) is 3.81. The monoisotopic (exact) mass is 481 g/mol. The first-order valence-corrected chi connectivity index (χ1v) is 11.4. The third-order valence-corrected chi connectivity index (χ3v) is 5.39. The SMILES string of the molecule is CC.CCOc1cc(C(=O)N(C)Cc2c[n+](O)c(CO)c3cn[nH]c23)ccc1-c1cccc(F)c1. The maximum absolute atomic E-state index is 13.7. The molecular weight excluding hydrogens is 451 g/mol. The van der Waals surface area contributed by atoms with Crippen molar-refractivity contribution in [2.24, 2.45) is 0 Å². The van der Waals surface area contributed by atoms with Gasteiger partial charge in [-0.3, -0.25) is 15.1 Å². The number of fused-ring (bicyclic) bond motifs is 1. The molecule has 2 aromatic carbocycles. The molecule has 2 heterocycles. The van der Waals surface area contributed by atoms with E-state index in [1.54, 1.807) is 37.4 Å². The Hall–Kier alpha value is -3.98. The topological polar surface area (TPSA) is 103 Å². The van der Waals surface area contributed by atoms with Crippen molar-refractivity contribution in [3.8, 4) is 16.9 Å². The smallest absolute Gasteiger partial charge is 0.270 e. The van der Waals surface area contributed by atoms with E-state index in [2.05, 4.69) is 10.2 Å². The maximum atomic E-state index is 13.7. The Morgan fingerprint density at radius 3 is 2.69 bits per heavy atom. The standard InChI is InChI=1S/C24H23FN4O4.C2H6/c1-3-33-22-10-16(7-8-19(22)15-5-4-6-18(25)9-15)24(31)28(2)12-17-13-29(32)21(14-30)20-11-26-27-23(17)20;1-2/h4-11,13,30,32H,3,12,14H2,1-2H3;1-2H3/p+1. The number of hydrogen-bond acceptors (Lipinski definition) is 5. The highest BCUT2D eigenvalue weighted by molar-refractivity contribution is 5.95. The van der Waals surface area contributed by atoms with E-state index in [0.29, 0.717) is 51.2 Å². The minimum absolute atomic E-state index is 0.180. The Morgan fingerprint density at radius 2 is 2.00 bits per heavy atom. The van der Waals surface area contributed by atoms with Gasteiger partial charge in [-0.25, -0.2) is 4.39 Å². The number of nitrogens with one attached hydrogen (secondary N) is 1. The number of aliphatic hydroxyl groups is 1. The Bertz CT molecular complexity index is 1320. The van der Waals surface area contributed by atoms with Gasteiger partial charge in [-0.15, -0.1) is 0 Å². The summed E-state index contributed by atoms with van der Waals surface area (Å²) in [5.41, 5.74) is 3.30. The fraction of sp³-hybridized carbons (Fsp3) is 0.269. The molecule has 0 unspecified atom stereocenters. The Morgan fingerprint density at radius 1 is 1.23 bits per heavy atom. The number of hydrogen-bond donors (Lipinski definition) is 3. The summed E-state index contributed by atoms with van der Waals surface area (Å²) in [5, 5.41) is 27.1. The number of aliphatic hydroxyl groups excluding tert-OH is 1. The summed E-state index contributed by atoms with van der Waals surface area (Å²) >= 11 is 0. The normalized spacial score (nSPS) is 10.6. The molecule has 0 aliphatic rings. The van der Waals surface area contributed by atoms with Crippen molar-refractivity contribution in [2.75, 3.05) is 13.7 Å². The second-order valence-electron chi connectivity index (χ2n) is 7.58. The summed E-state index contributed by atoms with van der Waals surface area (Å²) in [6, 6.07) is 11.3. The van der Waals surface area contributed by atoms with Crippen LogP contribution in [0.3, 0.4) is 0 Å². The lowest BCUT2D eigenvalue weighted by Gasteiger charge is -2.18. The number of H-pyrrole nitrogens is 1. The zero-order valence-electron chi connectivity index (χ0n) is 20.2. The quantitative estimate of drug-likeness (QED) is 0.273. The molecule has 184 valence electrons. The molecule has 3 N–H and O–H groups in total. The predicted octanol–water partition coefficient (Wildman–Crippen LogP) is 4.08. The molecule has 4 aromatic rings. The van der Waals surface area contributed by atoms with Gasteiger partial charge in [0.1, 0.15) is 18.2 Å². The summed E-state index contributed by atoms with van der Waals surface area (Å²) in [7, 11) is 1.65. The van der Waals surface area contributed by atoms with Crippen molar-refractivity contribution < 1.29 is 29.0 Å². The number of ether oxygens (including phenoxy) is 1. The molecule has 0 atom stereocenters.